The summed E-state index contributed by atoms with van der Waals surface area (Å²) in [5.41, 5.74) is 2.00. The number of carbonyl (C=O) groups excluding carboxylic acids is 1. The number of amides is 1. The van der Waals surface area contributed by atoms with E-state index in [1.807, 2.05) is 43.3 Å². The highest BCUT2D eigenvalue weighted by molar-refractivity contribution is 5.80. The van der Waals surface area contributed by atoms with Crippen molar-refractivity contribution in [2.75, 3.05) is 19.8 Å². The normalized spacial score (nSPS) is 12.8. The fourth-order valence-corrected chi connectivity index (χ4v) is 3.30. The predicted molar refractivity (Wildman–Crippen MR) is 105 cm³/mol. The Hall–Kier alpha value is -3.35. The van der Waals surface area contributed by atoms with Gasteiger partial charge in [0.15, 0.2) is 11.5 Å². The van der Waals surface area contributed by atoms with E-state index in [-0.39, 0.29) is 18.0 Å². The molecule has 4 rings (SSSR count). The van der Waals surface area contributed by atoms with Gasteiger partial charge in [0, 0.05) is 13.1 Å². The van der Waals surface area contributed by atoms with E-state index in [4.69, 9.17) is 9.47 Å². The molecule has 2 heterocycles. The molecule has 28 heavy (non-hydrogen) atoms. The van der Waals surface area contributed by atoms with E-state index in [0.717, 1.165) is 11.3 Å². The molecule has 2 aromatic carbocycles. The Kier molecular flexibility index (Phi) is 4.97. The fourth-order valence-electron chi connectivity index (χ4n) is 3.30. The zero-order chi connectivity index (χ0) is 19.5. The summed E-state index contributed by atoms with van der Waals surface area (Å²) in [5, 5.41) is 0. The van der Waals surface area contributed by atoms with Crippen LogP contribution >= 0.6 is 0 Å². The molecule has 7 heteroatoms. The van der Waals surface area contributed by atoms with Crippen molar-refractivity contribution in [1.82, 2.24) is 14.5 Å². The number of rotatable bonds is 5. The summed E-state index contributed by atoms with van der Waals surface area (Å²) in [6, 6.07) is 13.0. The zero-order valence-electron chi connectivity index (χ0n) is 15.6. The van der Waals surface area contributed by atoms with Crippen LogP contribution in [0.4, 0.5) is 0 Å². The van der Waals surface area contributed by atoms with Crippen LogP contribution in [0.5, 0.6) is 11.5 Å². The molecule has 0 atom stereocenters. The fraction of sp³-hybridized carbons (Fsp3) is 0.286. The summed E-state index contributed by atoms with van der Waals surface area (Å²) < 4.78 is 12.6. The Morgan fingerprint density at radius 1 is 1.14 bits per heavy atom. The molecule has 0 N–H and O–H groups in total. The first-order chi connectivity index (χ1) is 13.7. The van der Waals surface area contributed by atoms with Gasteiger partial charge in [-0.15, -0.1) is 0 Å². The first-order valence-corrected chi connectivity index (χ1v) is 9.26. The van der Waals surface area contributed by atoms with E-state index >= 15 is 0 Å². The lowest BCUT2D eigenvalue weighted by Gasteiger charge is -2.23. The molecule has 0 aliphatic carbocycles. The Morgan fingerprint density at radius 2 is 1.93 bits per heavy atom. The summed E-state index contributed by atoms with van der Waals surface area (Å²) in [6.07, 6.45) is 1.26. The standard InChI is InChI=1S/C21H21N3O4/c1-2-23(13-15-7-8-18-19(11-15)28-10-9-27-18)21(26)14-24-17-6-4-3-5-16(17)22-12-20(24)25/h3-8,11-12H,2,9-10,13-14H2,1H3. The van der Waals surface area contributed by atoms with Gasteiger partial charge in [-0.1, -0.05) is 18.2 Å². The second-order valence-electron chi connectivity index (χ2n) is 6.56. The number of benzene rings is 2. The zero-order valence-corrected chi connectivity index (χ0v) is 15.6. The van der Waals surface area contributed by atoms with Crippen LogP contribution in [0.25, 0.3) is 11.0 Å². The molecule has 1 aliphatic rings. The average molecular weight is 379 g/mol. The molecular weight excluding hydrogens is 358 g/mol. The second-order valence-corrected chi connectivity index (χ2v) is 6.56. The van der Waals surface area contributed by atoms with E-state index in [9.17, 15) is 9.59 Å². The van der Waals surface area contributed by atoms with Gasteiger partial charge in [-0.3, -0.25) is 14.2 Å². The number of carbonyl (C=O) groups is 1. The molecule has 0 fully saturated rings. The number of likely N-dealkylation sites (N-methyl/N-ethyl adjacent to an activating group) is 1. The van der Waals surface area contributed by atoms with Gasteiger partial charge in [-0.2, -0.15) is 0 Å². The van der Waals surface area contributed by atoms with Gasteiger partial charge in [0.2, 0.25) is 5.91 Å². The van der Waals surface area contributed by atoms with Crippen LogP contribution in [0.2, 0.25) is 0 Å². The van der Waals surface area contributed by atoms with Gasteiger partial charge in [0.25, 0.3) is 5.56 Å². The molecule has 0 spiro atoms. The minimum Gasteiger partial charge on any atom is -0.486 e. The first kappa shape index (κ1) is 18.0. The highest BCUT2D eigenvalue weighted by Gasteiger charge is 2.17. The lowest BCUT2D eigenvalue weighted by molar-refractivity contribution is -0.132. The van der Waals surface area contributed by atoms with Crippen molar-refractivity contribution in [3.8, 4) is 11.5 Å². The molecule has 0 radical (unpaired) electrons. The monoisotopic (exact) mass is 379 g/mol. The number of nitrogens with zero attached hydrogens (tertiary/aromatic N) is 3. The van der Waals surface area contributed by atoms with Crippen molar-refractivity contribution in [3.63, 3.8) is 0 Å². The van der Waals surface area contributed by atoms with Gasteiger partial charge in [0.05, 0.1) is 17.2 Å². The van der Waals surface area contributed by atoms with Crippen LogP contribution in [-0.2, 0) is 17.9 Å². The van der Waals surface area contributed by atoms with Gasteiger partial charge in [0.1, 0.15) is 19.8 Å². The van der Waals surface area contributed by atoms with E-state index in [0.29, 0.717) is 43.1 Å². The van der Waals surface area contributed by atoms with E-state index in [1.54, 1.807) is 11.0 Å². The van der Waals surface area contributed by atoms with E-state index < -0.39 is 0 Å². The SMILES string of the molecule is CCN(Cc1ccc2c(c1)OCCO2)C(=O)Cn1c(=O)cnc2ccccc21. The quantitative estimate of drug-likeness (QED) is 0.680. The van der Waals surface area contributed by atoms with Crippen molar-refractivity contribution in [2.45, 2.75) is 20.0 Å². The number of aromatic nitrogens is 2. The van der Waals surface area contributed by atoms with Crippen LogP contribution in [-0.4, -0.2) is 40.1 Å². The molecule has 0 bridgehead atoms. The molecule has 144 valence electrons. The molecule has 1 amide bonds. The molecule has 0 unspecified atom stereocenters. The molecule has 3 aromatic rings. The number of hydrogen-bond donors (Lipinski definition) is 0. The lowest BCUT2D eigenvalue weighted by Crippen LogP contribution is -2.36. The largest absolute Gasteiger partial charge is 0.486 e. The smallest absolute Gasteiger partial charge is 0.269 e. The van der Waals surface area contributed by atoms with Gasteiger partial charge < -0.3 is 14.4 Å². The summed E-state index contributed by atoms with van der Waals surface area (Å²) in [6.45, 7) is 3.92. The van der Waals surface area contributed by atoms with Crippen LogP contribution in [0.3, 0.4) is 0 Å². The molecular formula is C21H21N3O4. The van der Waals surface area contributed by atoms with Crippen LogP contribution in [0, 0.1) is 0 Å². The van der Waals surface area contributed by atoms with E-state index in [2.05, 4.69) is 4.98 Å². The van der Waals surface area contributed by atoms with Gasteiger partial charge >= 0.3 is 0 Å². The molecule has 7 nitrogen and oxygen atoms in total. The van der Waals surface area contributed by atoms with Crippen molar-refractivity contribution in [3.05, 3.63) is 64.6 Å². The molecule has 0 saturated carbocycles. The highest BCUT2D eigenvalue weighted by atomic mass is 16.6. The first-order valence-electron chi connectivity index (χ1n) is 9.26. The predicted octanol–water partition coefficient (Wildman–Crippen LogP) is 2.22. The lowest BCUT2D eigenvalue weighted by atomic mass is 10.1. The third kappa shape index (κ3) is 3.55. The number of hydrogen-bond acceptors (Lipinski definition) is 5. The summed E-state index contributed by atoms with van der Waals surface area (Å²) in [4.78, 5) is 31.1. The minimum absolute atomic E-state index is 0.0275. The van der Waals surface area contributed by atoms with Crippen molar-refractivity contribution < 1.29 is 14.3 Å². The van der Waals surface area contributed by atoms with Gasteiger partial charge in [-0.05, 0) is 36.8 Å². The van der Waals surface area contributed by atoms with Crippen LogP contribution < -0.4 is 15.0 Å². The topological polar surface area (TPSA) is 73.7 Å². The molecule has 1 aromatic heterocycles. The Balaban J connectivity index is 1.55. The van der Waals surface area contributed by atoms with Crippen LogP contribution in [0.1, 0.15) is 12.5 Å². The summed E-state index contributed by atoms with van der Waals surface area (Å²) in [7, 11) is 0. The van der Waals surface area contributed by atoms with Crippen molar-refractivity contribution in [2.24, 2.45) is 0 Å². The second kappa shape index (κ2) is 7.72. The summed E-state index contributed by atoms with van der Waals surface area (Å²) >= 11 is 0. The summed E-state index contributed by atoms with van der Waals surface area (Å²) in [5.74, 6) is 1.29. The number of para-hydroxylation sites is 2. The van der Waals surface area contributed by atoms with E-state index in [1.165, 1.54) is 10.8 Å². The highest BCUT2D eigenvalue weighted by Crippen LogP contribution is 2.31. The third-order valence-corrected chi connectivity index (χ3v) is 4.76. The number of ether oxygens (including phenoxy) is 2. The Labute approximate surface area is 162 Å². The van der Waals surface area contributed by atoms with Crippen molar-refractivity contribution >= 4 is 16.9 Å². The third-order valence-electron chi connectivity index (χ3n) is 4.76. The van der Waals surface area contributed by atoms with Crippen molar-refractivity contribution in [1.29, 1.82) is 0 Å². The average Bonchev–Trinajstić information content (AvgIpc) is 2.73. The minimum atomic E-state index is -0.289. The maximum Gasteiger partial charge on any atom is 0.269 e. The Morgan fingerprint density at radius 3 is 2.75 bits per heavy atom. The van der Waals surface area contributed by atoms with Gasteiger partial charge in [-0.25, -0.2) is 4.98 Å². The maximum atomic E-state index is 12.9. The van der Waals surface area contributed by atoms with Crippen LogP contribution in [0.15, 0.2) is 53.5 Å². The maximum absolute atomic E-state index is 12.9. The molecule has 0 saturated heterocycles. The number of fused-ring (bicyclic) bond motifs is 2. The Bertz CT molecular complexity index is 1080. The molecule has 1 aliphatic heterocycles.